The molecule has 0 aromatic rings. The molecular formula is C67H121O33P. The fraction of sp³-hybridized carbons (Fsp3) is 0.940. The molecule has 0 spiro atoms. The van der Waals surface area contributed by atoms with Gasteiger partial charge in [0.15, 0.2) is 31.3 Å². The summed E-state index contributed by atoms with van der Waals surface area (Å²) < 4.78 is 81.4. The van der Waals surface area contributed by atoms with Crippen LogP contribution >= 0.6 is 7.82 Å². The van der Waals surface area contributed by atoms with Crippen LogP contribution in [0.2, 0.25) is 0 Å². The van der Waals surface area contributed by atoms with Crippen molar-refractivity contribution in [2.45, 2.75) is 359 Å². The number of aliphatic hydroxyl groups excluding tert-OH is 17. The zero-order chi connectivity index (χ0) is 74.2. The van der Waals surface area contributed by atoms with Crippen molar-refractivity contribution in [3.63, 3.8) is 0 Å². The zero-order valence-corrected chi connectivity index (χ0v) is 59.3. The quantitative estimate of drug-likeness (QED) is 0.0159. The molecule has 1 saturated carbocycles. The fourth-order valence-corrected chi connectivity index (χ4v) is 13.6. The Balaban J connectivity index is 1.29. The topological polar surface area (TPSA) is 526 Å². The molecule has 0 aromatic carbocycles. The Hall–Kier alpha value is -2.21. The number of esters is 2. The first kappa shape index (κ1) is 89.4. The van der Waals surface area contributed by atoms with Gasteiger partial charge < -0.3 is 139 Å². The molecule has 0 amide bonds. The van der Waals surface area contributed by atoms with Crippen molar-refractivity contribution in [2.24, 2.45) is 0 Å². The van der Waals surface area contributed by atoms with E-state index in [1.54, 1.807) is 0 Å². The Bertz CT molecular complexity index is 2320. The summed E-state index contributed by atoms with van der Waals surface area (Å²) in [5.41, 5.74) is 0. The second-order valence-electron chi connectivity index (χ2n) is 27.2. The summed E-state index contributed by atoms with van der Waals surface area (Å²) >= 11 is 0. The van der Waals surface area contributed by atoms with Gasteiger partial charge in [0.1, 0.15) is 141 Å². The average molecular weight is 1490 g/mol. The average Bonchev–Trinajstić information content (AvgIpc) is 0.761. The van der Waals surface area contributed by atoms with Crippen LogP contribution in [0.15, 0.2) is 12.2 Å². The van der Waals surface area contributed by atoms with Gasteiger partial charge in [0.25, 0.3) is 0 Å². The minimum absolute atomic E-state index is 0.00266. The highest BCUT2D eigenvalue weighted by atomic mass is 31.2. The molecule has 28 atom stereocenters. The molecule has 5 fully saturated rings. The Morgan fingerprint density at radius 1 is 0.386 bits per heavy atom. The number of phosphoric acid groups is 1. The molecule has 4 aliphatic heterocycles. The van der Waals surface area contributed by atoms with E-state index in [4.69, 9.17) is 56.4 Å². The maximum Gasteiger partial charge on any atom is 0.472 e. The summed E-state index contributed by atoms with van der Waals surface area (Å²) in [6.07, 6.45) is -24.7. The molecule has 5 aliphatic rings. The third kappa shape index (κ3) is 29.0. The molecule has 18 N–H and O–H groups in total. The minimum atomic E-state index is -5.82. The van der Waals surface area contributed by atoms with E-state index in [0.717, 1.165) is 70.6 Å². The van der Waals surface area contributed by atoms with Gasteiger partial charge in [-0.1, -0.05) is 154 Å². The molecule has 12 unspecified atom stereocenters. The molecule has 5 rings (SSSR count). The molecule has 4 saturated heterocycles. The largest absolute Gasteiger partial charge is 0.472 e. The van der Waals surface area contributed by atoms with Crippen LogP contribution in [0.1, 0.15) is 194 Å². The van der Waals surface area contributed by atoms with Gasteiger partial charge in [-0.2, -0.15) is 0 Å². The van der Waals surface area contributed by atoms with Gasteiger partial charge in [0.05, 0.1) is 33.0 Å². The molecule has 34 heteroatoms. The van der Waals surface area contributed by atoms with Crippen LogP contribution in [-0.2, 0) is 70.6 Å². The van der Waals surface area contributed by atoms with E-state index in [2.05, 4.69) is 26.0 Å². The van der Waals surface area contributed by atoms with E-state index in [9.17, 15) is 106 Å². The van der Waals surface area contributed by atoms with Crippen LogP contribution in [-0.4, -0.2) is 309 Å². The van der Waals surface area contributed by atoms with E-state index in [-0.39, 0.29) is 12.8 Å². The highest BCUT2D eigenvalue weighted by molar-refractivity contribution is 7.47. The Morgan fingerprint density at radius 2 is 0.713 bits per heavy atom. The zero-order valence-electron chi connectivity index (χ0n) is 58.4. The third-order valence-electron chi connectivity index (χ3n) is 19.0. The Kier molecular flexibility index (Phi) is 42.1. The number of hydrogen-bond acceptors (Lipinski definition) is 32. The van der Waals surface area contributed by atoms with Crippen LogP contribution in [0.5, 0.6) is 0 Å². The fourth-order valence-electron chi connectivity index (χ4n) is 12.6. The molecule has 1 aliphatic carbocycles. The highest BCUT2D eigenvalue weighted by Gasteiger charge is 2.59. The van der Waals surface area contributed by atoms with E-state index in [1.165, 1.54) is 77.0 Å². The highest BCUT2D eigenvalue weighted by Crippen LogP contribution is 2.49. The summed E-state index contributed by atoms with van der Waals surface area (Å²) in [6.45, 7) is -0.922. The Morgan fingerprint density at radius 3 is 1.12 bits per heavy atom. The smallest absolute Gasteiger partial charge is 0.462 e. The number of carbonyl (C=O) groups is 2. The molecule has 0 bridgehead atoms. The summed E-state index contributed by atoms with van der Waals surface area (Å²) in [6, 6.07) is 0. The molecule has 0 aromatic heterocycles. The van der Waals surface area contributed by atoms with Crippen molar-refractivity contribution < 1.29 is 162 Å². The number of unbranched alkanes of at least 4 members (excludes halogenated alkanes) is 23. The third-order valence-corrected chi connectivity index (χ3v) is 20.0. The first-order valence-electron chi connectivity index (χ1n) is 36.5. The van der Waals surface area contributed by atoms with Crippen LogP contribution in [0.4, 0.5) is 0 Å². The normalized spacial score (nSPS) is 36.5. The number of rotatable bonds is 49. The summed E-state index contributed by atoms with van der Waals surface area (Å²) in [5.74, 6) is -1.45. The standard InChI is InChI=1S/C67H121O33P/c1-3-5-7-9-11-13-15-17-18-20-22-24-26-28-30-32-45(71)93-39(35-89-44(70)31-29-27-25-23-21-19-16-14-12-10-8-6-4-2)36-92-101(87,88)100-63-61(98-66-59(85)51(77)47(73)41(34-69)95-66)55(81)54(80)56(82)62(63)99-67-60(86)53(79)49(75)43(97-67)38-91-65-58(84)52(78)48(74)42(96-65)37-90-64-57(83)50(76)46(72)40(33-68)94-64/h17-18,39-43,46-69,72-86H,3-16,19-38H2,1-2H3,(H,87,88)/b18-17-/t39-,40?,41?,42?,43?,46+,47-,48+,49+,50?,51?,52?,53?,54+,55?,56?,57+,58+,59-,60+,61-,62?,63+,64-,65-,66-,67+/m1/s1. The second-order valence-corrected chi connectivity index (χ2v) is 28.6. The maximum atomic E-state index is 14.4. The molecule has 33 nitrogen and oxygen atoms in total. The lowest BCUT2D eigenvalue weighted by atomic mass is 9.84. The van der Waals surface area contributed by atoms with E-state index in [1.807, 2.05) is 0 Å². The second kappa shape index (κ2) is 47.6. The lowest BCUT2D eigenvalue weighted by molar-refractivity contribution is -0.365. The Labute approximate surface area is 591 Å². The molecular weight excluding hydrogens is 1360 g/mol. The number of aliphatic hydroxyl groups is 17. The predicted molar refractivity (Wildman–Crippen MR) is 352 cm³/mol. The van der Waals surface area contributed by atoms with E-state index >= 15 is 0 Å². The first-order chi connectivity index (χ1) is 48.3. The van der Waals surface area contributed by atoms with Crippen LogP contribution in [0, 0.1) is 0 Å². The monoisotopic (exact) mass is 1480 g/mol. The van der Waals surface area contributed by atoms with Crippen molar-refractivity contribution in [1.29, 1.82) is 0 Å². The predicted octanol–water partition coefficient (Wildman–Crippen LogP) is -0.423. The van der Waals surface area contributed by atoms with Gasteiger partial charge >= 0.3 is 19.8 Å². The molecule has 592 valence electrons. The number of carbonyl (C=O) groups excluding carboxylic acids is 2. The van der Waals surface area contributed by atoms with E-state index < -0.39 is 225 Å². The minimum Gasteiger partial charge on any atom is -0.462 e. The summed E-state index contributed by atoms with van der Waals surface area (Å²) in [7, 11) is -5.82. The van der Waals surface area contributed by atoms with Crippen molar-refractivity contribution >= 4 is 19.8 Å². The number of ether oxygens (including phenoxy) is 10. The van der Waals surface area contributed by atoms with Gasteiger partial charge in [-0.3, -0.25) is 18.6 Å². The van der Waals surface area contributed by atoms with Crippen molar-refractivity contribution in [3.8, 4) is 0 Å². The summed E-state index contributed by atoms with van der Waals surface area (Å²) in [5, 5.41) is 183. The van der Waals surface area contributed by atoms with Crippen LogP contribution < -0.4 is 0 Å². The van der Waals surface area contributed by atoms with Gasteiger partial charge in [-0.15, -0.1) is 0 Å². The first-order valence-corrected chi connectivity index (χ1v) is 38.0. The van der Waals surface area contributed by atoms with Gasteiger partial charge in [-0.05, 0) is 38.5 Å². The van der Waals surface area contributed by atoms with Gasteiger partial charge in [0.2, 0.25) is 0 Å². The maximum absolute atomic E-state index is 14.4. The van der Waals surface area contributed by atoms with E-state index in [0.29, 0.717) is 19.3 Å². The van der Waals surface area contributed by atoms with Crippen LogP contribution in [0.25, 0.3) is 0 Å². The van der Waals surface area contributed by atoms with Crippen molar-refractivity contribution in [3.05, 3.63) is 12.2 Å². The molecule has 101 heavy (non-hydrogen) atoms. The van der Waals surface area contributed by atoms with Gasteiger partial charge in [0, 0.05) is 12.8 Å². The lowest BCUT2D eigenvalue weighted by Crippen LogP contribution is -2.69. The van der Waals surface area contributed by atoms with Crippen LogP contribution in [0.3, 0.4) is 0 Å². The SMILES string of the molecule is CCCCCCCC/C=C\CCCCCCCC(=O)O[C@H](COC(=O)CCCCCCCCCCCCCCC)COP(=O)(O)O[C@@H]1C(O[C@@H]2OC(CO[C@@H]3OC(CO[C@@H]4OC(CO)[C@H](O)C(O)[C@@H]4O)[C@H](O)C(O)[C@@H]3O)[C@H](O)C(O)[C@@H]2O)C(O)[C@@H](O)C(O)[C@H]1O[C@H]1OC(CO)[C@@H](O)C(O)[C@H]1O. The number of hydrogen-bond donors (Lipinski definition) is 18. The molecule has 4 heterocycles. The van der Waals surface area contributed by atoms with Crippen molar-refractivity contribution in [2.75, 3.05) is 39.6 Å². The summed E-state index contributed by atoms with van der Waals surface area (Å²) in [4.78, 5) is 38.1. The lowest BCUT2D eigenvalue weighted by Gasteiger charge is -2.49. The van der Waals surface area contributed by atoms with Crippen molar-refractivity contribution in [1.82, 2.24) is 0 Å². The van der Waals surface area contributed by atoms with Gasteiger partial charge in [-0.25, -0.2) is 4.57 Å². The molecule has 0 radical (unpaired) electrons. The number of allylic oxidation sites excluding steroid dienone is 2. The number of phosphoric ester groups is 1.